The first-order chi connectivity index (χ1) is 9.60. The van der Waals surface area contributed by atoms with Crippen molar-refractivity contribution in [1.29, 1.82) is 0 Å². The van der Waals surface area contributed by atoms with Gasteiger partial charge in [0.05, 0.1) is 17.3 Å². The average Bonchev–Trinajstić information content (AvgIpc) is 2.43. The minimum Gasteiger partial charge on any atom is -0.494 e. The zero-order valence-electron chi connectivity index (χ0n) is 12.1. The van der Waals surface area contributed by atoms with Crippen LogP contribution in [-0.2, 0) is 0 Å². The fourth-order valence-electron chi connectivity index (χ4n) is 2.07. The smallest absolute Gasteiger partial charge is 0.119 e. The van der Waals surface area contributed by atoms with Gasteiger partial charge in [-0.1, -0.05) is 29.8 Å². The second kappa shape index (κ2) is 6.67. The van der Waals surface area contributed by atoms with Crippen LogP contribution < -0.4 is 10.1 Å². The van der Waals surface area contributed by atoms with E-state index in [1.807, 2.05) is 38.1 Å². The van der Waals surface area contributed by atoms with E-state index in [1.54, 1.807) is 0 Å². The van der Waals surface area contributed by atoms with Gasteiger partial charge in [0.1, 0.15) is 5.75 Å². The van der Waals surface area contributed by atoms with Gasteiger partial charge in [0.25, 0.3) is 0 Å². The Kier molecular flexibility index (Phi) is 4.91. The number of rotatable bonds is 5. The molecule has 3 heteroatoms. The molecule has 0 saturated carbocycles. The predicted molar refractivity (Wildman–Crippen MR) is 85.8 cm³/mol. The molecular weight excluding hydrogens is 270 g/mol. The molecule has 0 spiro atoms. The maximum absolute atomic E-state index is 6.25. The van der Waals surface area contributed by atoms with E-state index >= 15 is 0 Å². The van der Waals surface area contributed by atoms with Crippen LogP contribution in [0.15, 0.2) is 42.5 Å². The Bertz CT molecular complexity index is 566. The van der Waals surface area contributed by atoms with Crippen LogP contribution in [0.3, 0.4) is 0 Å². The van der Waals surface area contributed by atoms with Crippen LogP contribution in [0, 0.1) is 6.92 Å². The summed E-state index contributed by atoms with van der Waals surface area (Å²) in [6, 6.07) is 14.4. The van der Waals surface area contributed by atoms with Crippen molar-refractivity contribution >= 4 is 17.3 Å². The zero-order chi connectivity index (χ0) is 14.5. The Morgan fingerprint density at radius 2 is 1.85 bits per heavy atom. The second-order valence-corrected chi connectivity index (χ2v) is 5.26. The van der Waals surface area contributed by atoms with E-state index in [0.29, 0.717) is 6.61 Å². The summed E-state index contributed by atoms with van der Waals surface area (Å²) in [6.07, 6.45) is 0. The fraction of sp³-hybridized carbons (Fsp3) is 0.294. The number of ether oxygens (including phenoxy) is 1. The van der Waals surface area contributed by atoms with Crippen molar-refractivity contribution in [2.75, 3.05) is 11.9 Å². The molecule has 0 aliphatic carbocycles. The summed E-state index contributed by atoms with van der Waals surface area (Å²) in [7, 11) is 0. The van der Waals surface area contributed by atoms with Crippen LogP contribution >= 0.6 is 11.6 Å². The molecule has 0 aliphatic heterocycles. The Morgan fingerprint density at radius 1 is 1.15 bits per heavy atom. The minimum absolute atomic E-state index is 0.186. The van der Waals surface area contributed by atoms with Crippen LogP contribution in [0.25, 0.3) is 0 Å². The van der Waals surface area contributed by atoms with Gasteiger partial charge in [-0.15, -0.1) is 0 Å². The summed E-state index contributed by atoms with van der Waals surface area (Å²) in [5.74, 6) is 0.900. The van der Waals surface area contributed by atoms with E-state index in [2.05, 4.69) is 30.4 Å². The summed E-state index contributed by atoms with van der Waals surface area (Å²) in [5.41, 5.74) is 3.32. The topological polar surface area (TPSA) is 21.3 Å². The lowest BCUT2D eigenvalue weighted by Gasteiger charge is -2.17. The lowest BCUT2D eigenvalue weighted by molar-refractivity contribution is 0.340. The van der Waals surface area contributed by atoms with Gasteiger partial charge in [0, 0.05) is 6.04 Å². The SMILES string of the molecule is CCOc1ccc(C(C)Nc2ccc(C)cc2Cl)cc1. The van der Waals surface area contributed by atoms with Gasteiger partial charge in [-0.2, -0.15) is 0 Å². The molecule has 0 aromatic heterocycles. The number of anilines is 1. The molecule has 2 aromatic rings. The average molecular weight is 290 g/mol. The van der Waals surface area contributed by atoms with Crippen molar-refractivity contribution in [2.45, 2.75) is 26.8 Å². The standard InChI is InChI=1S/C17H20ClNO/c1-4-20-15-8-6-14(7-9-15)13(3)19-17-10-5-12(2)11-16(17)18/h5-11,13,19H,4H2,1-3H3. The third kappa shape index (κ3) is 3.67. The van der Waals surface area contributed by atoms with Crippen LogP contribution in [0.2, 0.25) is 5.02 Å². The highest BCUT2D eigenvalue weighted by molar-refractivity contribution is 6.33. The highest BCUT2D eigenvalue weighted by Gasteiger charge is 2.08. The molecule has 20 heavy (non-hydrogen) atoms. The van der Waals surface area contributed by atoms with Gasteiger partial charge in [0.2, 0.25) is 0 Å². The van der Waals surface area contributed by atoms with Crippen molar-refractivity contribution in [3.63, 3.8) is 0 Å². The predicted octanol–water partition coefficient (Wildman–Crippen LogP) is 5.22. The highest BCUT2D eigenvalue weighted by Crippen LogP contribution is 2.27. The van der Waals surface area contributed by atoms with Crippen molar-refractivity contribution in [3.8, 4) is 5.75 Å². The second-order valence-electron chi connectivity index (χ2n) is 4.85. The maximum atomic E-state index is 6.25. The van der Waals surface area contributed by atoms with Crippen molar-refractivity contribution < 1.29 is 4.74 Å². The molecule has 1 atom stereocenters. The number of halogens is 1. The first-order valence-corrected chi connectivity index (χ1v) is 7.23. The van der Waals surface area contributed by atoms with Crippen molar-refractivity contribution in [1.82, 2.24) is 0 Å². The molecule has 0 aliphatic rings. The molecule has 0 radical (unpaired) electrons. The molecule has 2 nitrogen and oxygen atoms in total. The molecule has 0 saturated heterocycles. The zero-order valence-corrected chi connectivity index (χ0v) is 12.9. The molecule has 2 rings (SSSR count). The van der Waals surface area contributed by atoms with Gasteiger partial charge in [-0.3, -0.25) is 0 Å². The highest BCUT2D eigenvalue weighted by atomic mass is 35.5. The summed E-state index contributed by atoms with van der Waals surface area (Å²) in [6.45, 7) is 6.82. The molecule has 0 heterocycles. The van der Waals surface area contributed by atoms with Gasteiger partial charge >= 0.3 is 0 Å². The lowest BCUT2D eigenvalue weighted by atomic mass is 10.1. The summed E-state index contributed by atoms with van der Waals surface area (Å²) in [5, 5.41) is 4.18. The maximum Gasteiger partial charge on any atom is 0.119 e. The molecule has 1 N–H and O–H groups in total. The van der Waals surface area contributed by atoms with E-state index in [0.717, 1.165) is 22.0 Å². The van der Waals surface area contributed by atoms with Gasteiger partial charge in [-0.25, -0.2) is 0 Å². The minimum atomic E-state index is 0.186. The van der Waals surface area contributed by atoms with Crippen molar-refractivity contribution in [3.05, 3.63) is 58.6 Å². The van der Waals surface area contributed by atoms with E-state index in [9.17, 15) is 0 Å². The number of hydrogen-bond donors (Lipinski definition) is 1. The van der Waals surface area contributed by atoms with E-state index in [1.165, 1.54) is 5.56 Å². The van der Waals surface area contributed by atoms with Crippen LogP contribution in [0.4, 0.5) is 5.69 Å². The van der Waals surface area contributed by atoms with Gasteiger partial charge in [0.15, 0.2) is 0 Å². The summed E-state index contributed by atoms with van der Waals surface area (Å²) in [4.78, 5) is 0. The quantitative estimate of drug-likeness (QED) is 0.815. The number of aryl methyl sites for hydroxylation is 1. The molecule has 106 valence electrons. The molecule has 2 aromatic carbocycles. The Morgan fingerprint density at radius 3 is 2.45 bits per heavy atom. The number of hydrogen-bond acceptors (Lipinski definition) is 2. The third-order valence-corrected chi connectivity index (χ3v) is 3.50. The number of benzene rings is 2. The van der Waals surface area contributed by atoms with Gasteiger partial charge in [-0.05, 0) is 56.2 Å². The number of nitrogens with one attached hydrogen (secondary N) is 1. The summed E-state index contributed by atoms with van der Waals surface area (Å²) < 4.78 is 5.45. The molecular formula is C17H20ClNO. The van der Waals surface area contributed by atoms with E-state index in [4.69, 9.17) is 16.3 Å². The van der Waals surface area contributed by atoms with Gasteiger partial charge < -0.3 is 10.1 Å². The monoisotopic (exact) mass is 289 g/mol. The fourth-order valence-corrected chi connectivity index (χ4v) is 2.36. The van der Waals surface area contributed by atoms with E-state index in [-0.39, 0.29) is 6.04 Å². The third-order valence-electron chi connectivity index (χ3n) is 3.19. The van der Waals surface area contributed by atoms with Crippen LogP contribution in [0.5, 0.6) is 5.75 Å². The first-order valence-electron chi connectivity index (χ1n) is 6.85. The molecule has 0 fully saturated rings. The normalized spacial score (nSPS) is 12.0. The summed E-state index contributed by atoms with van der Waals surface area (Å²) >= 11 is 6.25. The van der Waals surface area contributed by atoms with Crippen LogP contribution in [-0.4, -0.2) is 6.61 Å². The Balaban J connectivity index is 2.09. The first kappa shape index (κ1) is 14.7. The molecule has 1 unspecified atom stereocenters. The molecule has 0 amide bonds. The van der Waals surface area contributed by atoms with Crippen molar-refractivity contribution in [2.24, 2.45) is 0 Å². The van der Waals surface area contributed by atoms with Crippen LogP contribution in [0.1, 0.15) is 31.0 Å². The van der Waals surface area contributed by atoms with E-state index < -0.39 is 0 Å². The Labute approximate surface area is 125 Å². The molecule has 0 bridgehead atoms. The Hall–Kier alpha value is -1.67. The lowest BCUT2D eigenvalue weighted by Crippen LogP contribution is -2.07. The largest absolute Gasteiger partial charge is 0.494 e.